The van der Waals surface area contributed by atoms with Crippen LogP contribution in [0.1, 0.15) is 22.3 Å². The lowest BCUT2D eigenvalue weighted by molar-refractivity contribution is 0.191. The number of benzene rings is 3. The maximum absolute atomic E-state index is 9.07. The van der Waals surface area contributed by atoms with Gasteiger partial charge in [-0.2, -0.15) is 0 Å². The van der Waals surface area contributed by atoms with Gasteiger partial charge in [0.25, 0.3) is 0 Å². The SMILES string of the molecule is COc1cc(/C=C/c2ccc(/C=C/c3cc(OC)c(OCCO)c(OC)c3)cc2)cc(OC)c1OCCO. The third-order valence-electron chi connectivity index (χ3n) is 5.51. The number of aliphatic hydroxyl groups excluding tert-OH is 2. The Bertz CT molecular complexity index is 1080. The first-order valence-corrected chi connectivity index (χ1v) is 12.0. The lowest BCUT2D eigenvalue weighted by atomic mass is 10.1. The van der Waals surface area contributed by atoms with Gasteiger partial charge in [0.2, 0.25) is 11.5 Å². The second-order valence-electron chi connectivity index (χ2n) is 7.99. The highest BCUT2D eigenvalue weighted by Crippen LogP contribution is 2.40. The maximum Gasteiger partial charge on any atom is 0.203 e. The summed E-state index contributed by atoms with van der Waals surface area (Å²) in [5, 5.41) is 18.1. The number of hydrogen-bond acceptors (Lipinski definition) is 8. The number of ether oxygens (including phenoxy) is 6. The average molecular weight is 523 g/mol. The molecule has 0 saturated carbocycles. The van der Waals surface area contributed by atoms with Gasteiger partial charge in [0.05, 0.1) is 41.7 Å². The molecule has 0 saturated heterocycles. The summed E-state index contributed by atoms with van der Waals surface area (Å²) in [4.78, 5) is 0. The largest absolute Gasteiger partial charge is 0.493 e. The van der Waals surface area contributed by atoms with Gasteiger partial charge in [0, 0.05) is 0 Å². The van der Waals surface area contributed by atoms with E-state index in [-0.39, 0.29) is 26.4 Å². The Labute approximate surface area is 223 Å². The van der Waals surface area contributed by atoms with E-state index in [9.17, 15) is 0 Å². The van der Waals surface area contributed by atoms with Crippen LogP contribution in [-0.4, -0.2) is 65.1 Å². The Kier molecular flexibility index (Phi) is 10.9. The van der Waals surface area contributed by atoms with E-state index >= 15 is 0 Å². The third-order valence-corrected chi connectivity index (χ3v) is 5.51. The Morgan fingerprint density at radius 1 is 0.500 bits per heavy atom. The first kappa shape index (κ1) is 28.4. The van der Waals surface area contributed by atoms with Gasteiger partial charge in [-0.05, 0) is 46.5 Å². The van der Waals surface area contributed by atoms with Crippen LogP contribution in [0.5, 0.6) is 34.5 Å². The van der Waals surface area contributed by atoms with Crippen molar-refractivity contribution in [3.05, 3.63) is 70.8 Å². The molecule has 0 atom stereocenters. The minimum atomic E-state index is -0.103. The number of methoxy groups -OCH3 is 4. The highest BCUT2D eigenvalue weighted by atomic mass is 16.5. The molecule has 0 bridgehead atoms. The van der Waals surface area contributed by atoms with Gasteiger partial charge in [-0.25, -0.2) is 0 Å². The second kappa shape index (κ2) is 14.6. The quantitative estimate of drug-likeness (QED) is 0.292. The molecule has 0 amide bonds. The monoisotopic (exact) mass is 522 g/mol. The second-order valence-corrected chi connectivity index (χ2v) is 7.99. The van der Waals surface area contributed by atoms with Crippen molar-refractivity contribution in [3.8, 4) is 34.5 Å². The smallest absolute Gasteiger partial charge is 0.203 e. The molecule has 0 aliphatic rings. The standard InChI is InChI=1S/C30H34O8/c1-33-25-17-23(18-26(34-2)29(25)37-15-13-31)11-9-21-5-7-22(8-6-21)10-12-24-19-27(35-3)30(38-16-14-32)28(20-24)36-4/h5-12,17-20,31-32H,13-16H2,1-4H3/b11-9+,12-10+. The summed E-state index contributed by atoms with van der Waals surface area (Å²) in [6.45, 7) is 0.0880. The van der Waals surface area contributed by atoms with Crippen molar-refractivity contribution in [2.75, 3.05) is 54.9 Å². The van der Waals surface area contributed by atoms with Gasteiger partial charge >= 0.3 is 0 Å². The minimum absolute atomic E-state index is 0.103. The van der Waals surface area contributed by atoms with E-state index in [0.717, 1.165) is 22.3 Å². The summed E-state index contributed by atoms with van der Waals surface area (Å²) >= 11 is 0. The van der Waals surface area contributed by atoms with Crippen molar-refractivity contribution in [1.82, 2.24) is 0 Å². The van der Waals surface area contributed by atoms with Gasteiger partial charge in [0.1, 0.15) is 13.2 Å². The molecule has 3 rings (SSSR count). The van der Waals surface area contributed by atoms with Crippen molar-refractivity contribution in [2.45, 2.75) is 0 Å². The molecule has 2 N–H and O–H groups in total. The Morgan fingerprint density at radius 2 is 0.789 bits per heavy atom. The van der Waals surface area contributed by atoms with Crippen LogP contribution in [0, 0.1) is 0 Å². The van der Waals surface area contributed by atoms with Crippen molar-refractivity contribution < 1.29 is 38.6 Å². The fraction of sp³-hybridized carbons (Fsp3) is 0.267. The maximum atomic E-state index is 9.07. The van der Waals surface area contributed by atoms with Crippen molar-refractivity contribution >= 4 is 24.3 Å². The molecule has 0 aliphatic carbocycles. The summed E-state index contributed by atoms with van der Waals surface area (Å²) in [5.41, 5.74) is 3.81. The summed E-state index contributed by atoms with van der Waals surface area (Å²) in [6, 6.07) is 15.5. The van der Waals surface area contributed by atoms with E-state index in [1.807, 2.05) is 72.8 Å². The summed E-state index contributed by atoms with van der Waals surface area (Å²) in [6.07, 6.45) is 7.92. The van der Waals surface area contributed by atoms with Crippen molar-refractivity contribution in [1.29, 1.82) is 0 Å². The highest BCUT2D eigenvalue weighted by Gasteiger charge is 2.14. The van der Waals surface area contributed by atoms with Gasteiger partial charge in [-0.15, -0.1) is 0 Å². The van der Waals surface area contributed by atoms with E-state index < -0.39 is 0 Å². The molecule has 3 aromatic rings. The molecule has 8 heteroatoms. The predicted octanol–water partition coefficient (Wildman–Crippen LogP) is 4.80. The normalized spacial score (nSPS) is 11.1. The lowest BCUT2D eigenvalue weighted by Crippen LogP contribution is -2.04. The van der Waals surface area contributed by atoms with E-state index in [2.05, 4.69) is 0 Å². The van der Waals surface area contributed by atoms with Crippen LogP contribution >= 0.6 is 0 Å². The molecule has 202 valence electrons. The van der Waals surface area contributed by atoms with Gasteiger partial charge in [-0.1, -0.05) is 48.6 Å². The zero-order valence-corrected chi connectivity index (χ0v) is 22.1. The highest BCUT2D eigenvalue weighted by molar-refractivity contribution is 5.75. The molecule has 3 aromatic carbocycles. The Morgan fingerprint density at radius 3 is 1.05 bits per heavy atom. The van der Waals surface area contributed by atoms with Gasteiger partial charge in [0.15, 0.2) is 23.0 Å². The zero-order valence-electron chi connectivity index (χ0n) is 22.1. The van der Waals surface area contributed by atoms with E-state index in [1.54, 1.807) is 28.4 Å². The molecule has 0 radical (unpaired) electrons. The predicted molar refractivity (Wildman–Crippen MR) is 149 cm³/mol. The molecule has 0 aromatic heterocycles. The Balaban J connectivity index is 1.75. The van der Waals surface area contributed by atoms with E-state index in [0.29, 0.717) is 34.5 Å². The summed E-state index contributed by atoms with van der Waals surface area (Å²) < 4.78 is 32.9. The van der Waals surface area contributed by atoms with Crippen LogP contribution in [-0.2, 0) is 0 Å². The van der Waals surface area contributed by atoms with Crippen molar-refractivity contribution in [3.63, 3.8) is 0 Å². The van der Waals surface area contributed by atoms with Crippen LogP contribution in [0.4, 0.5) is 0 Å². The molecular weight excluding hydrogens is 488 g/mol. The van der Waals surface area contributed by atoms with Crippen LogP contribution in [0.2, 0.25) is 0 Å². The van der Waals surface area contributed by atoms with Crippen molar-refractivity contribution in [2.24, 2.45) is 0 Å². The fourth-order valence-corrected chi connectivity index (χ4v) is 3.68. The summed E-state index contributed by atoms with van der Waals surface area (Å²) in [5.74, 6) is 3.02. The topological polar surface area (TPSA) is 95.8 Å². The van der Waals surface area contributed by atoms with E-state index in [4.69, 9.17) is 38.6 Å². The minimum Gasteiger partial charge on any atom is -0.493 e. The lowest BCUT2D eigenvalue weighted by Gasteiger charge is -2.14. The first-order valence-electron chi connectivity index (χ1n) is 12.0. The first-order chi connectivity index (χ1) is 18.6. The Hall–Kier alpha value is -4.14. The van der Waals surface area contributed by atoms with Crippen LogP contribution in [0.3, 0.4) is 0 Å². The molecule has 0 spiro atoms. The number of rotatable bonds is 14. The molecule has 0 aliphatic heterocycles. The number of aliphatic hydroxyl groups is 2. The molecule has 8 nitrogen and oxygen atoms in total. The average Bonchev–Trinajstić information content (AvgIpc) is 2.96. The van der Waals surface area contributed by atoms with Crippen LogP contribution in [0.25, 0.3) is 24.3 Å². The summed E-state index contributed by atoms with van der Waals surface area (Å²) in [7, 11) is 6.25. The zero-order chi connectivity index (χ0) is 27.3. The van der Waals surface area contributed by atoms with Crippen LogP contribution in [0.15, 0.2) is 48.5 Å². The van der Waals surface area contributed by atoms with E-state index in [1.165, 1.54) is 0 Å². The third kappa shape index (κ3) is 7.44. The number of hydrogen-bond donors (Lipinski definition) is 2. The van der Waals surface area contributed by atoms with Gasteiger partial charge in [-0.3, -0.25) is 0 Å². The molecule has 0 unspecified atom stereocenters. The van der Waals surface area contributed by atoms with Crippen LogP contribution < -0.4 is 28.4 Å². The molecule has 38 heavy (non-hydrogen) atoms. The molecule has 0 heterocycles. The molecule has 0 fully saturated rings. The fourth-order valence-electron chi connectivity index (χ4n) is 3.68. The molecular formula is C30H34O8. The van der Waals surface area contributed by atoms with Gasteiger partial charge < -0.3 is 38.6 Å².